The molecule has 5 heteroatoms. The van der Waals surface area contributed by atoms with Crippen LogP contribution in [0.1, 0.15) is 21.5 Å². The predicted octanol–water partition coefficient (Wildman–Crippen LogP) is 2.46. The Morgan fingerprint density at radius 3 is 2.53 bits per heavy atom. The van der Waals surface area contributed by atoms with Crippen molar-refractivity contribution in [1.82, 2.24) is 10.3 Å². The first kappa shape index (κ1) is 13.4. The van der Waals surface area contributed by atoms with Crippen LogP contribution in [0.2, 0.25) is 0 Å². The maximum Gasteiger partial charge on any atom is 0.255 e. The number of pyridine rings is 1. The summed E-state index contributed by atoms with van der Waals surface area (Å²) in [7, 11) is 0. The van der Waals surface area contributed by atoms with E-state index in [0.29, 0.717) is 12.4 Å². The number of nitrogens with one attached hydrogen (secondary N) is 1. The summed E-state index contributed by atoms with van der Waals surface area (Å²) in [5, 5.41) is 12.2. The molecule has 0 unspecified atom stereocenters. The Kier molecular flexibility index (Phi) is 4.36. The molecule has 0 saturated carbocycles. The Balaban J connectivity index is 1.98. The quantitative estimate of drug-likeness (QED) is 0.843. The van der Waals surface area contributed by atoms with Crippen LogP contribution in [0.15, 0.2) is 42.7 Å². The lowest BCUT2D eigenvalue weighted by Gasteiger charge is -2.07. The van der Waals surface area contributed by atoms with Crippen molar-refractivity contribution < 1.29 is 9.90 Å². The molecule has 98 valence electrons. The standard InChI is InChI=1S/C14H13ClN2O2/c15-7-10-1-3-11(4-2-10)8-17-14(19)12-5-6-16-9-13(12)18/h1-6,9,18H,7-8H2,(H,17,19). The second-order valence-electron chi connectivity index (χ2n) is 4.03. The van der Waals surface area contributed by atoms with E-state index in [0.717, 1.165) is 11.1 Å². The van der Waals surface area contributed by atoms with Gasteiger partial charge in [-0.1, -0.05) is 24.3 Å². The molecule has 4 nitrogen and oxygen atoms in total. The molecule has 0 radical (unpaired) electrons. The molecule has 2 N–H and O–H groups in total. The van der Waals surface area contributed by atoms with Crippen molar-refractivity contribution in [1.29, 1.82) is 0 Å². The van der Waals surface area contributed by atoms with E-state index in [1.807, 2.05) is 24.3 Å². The first-order valence-electron chi connectivity index (χ1n) is 5.75. The van der Waals surface area contributed by atoms with Crippen molar-refractivity contribution in [3.8, 4) is 5.75 Å². The number of alkyl halides is 1. The van der Waals surface area contributed by atoms with E-state index in [4.69, 9.17) is 11.6 Å². The number of aromatic nitrogens is 1. The third-order valence-electron chi connectivity index (χ3n) is 2.68. The summed E-state index contributed by atoms with van der Waals surface area (Å²) in [6, 6.07) is 9.12. The fourth-order valence-corrected chi connectivity index (χ4v) is 1.78. The lowest BCUT2D eigenvalue weighted by molar-refractivity contribution is 0.0948. The number of carbonyl (C=O) groups excluding carboxylic acids is 1. The first-order chi connectivity index (χ1) is 9.20. The Hall–Kier alpha value is -2.07. The largest absolute Gasteiger partial charge is 0.505 e. The van der Waals surface area contributed by atoms with Gasteiger partial charge in [0.15, 0.2) is 0 Å². The summed E-state index contributed by atoms with van der Waals surface area (Å²) in [4.78, 5) is 15.6. The second kappa shape index (κ2) is 6.20. The van der Waals surface area contributed by atoms with Gasteiger partial charge in [-0.2, -0.15) is 0 Å². The number of benzene rings is 1. The van der Waals surface area contributed by atoms with Crippen molar-refractivity contribution in [2.75, 3.05) is 0 Å². The minimum atomic E-state index is -0.332. The molecule has 1 amide bonds. The van der Waals surface area contributed by atoms with Crippen LogP contribution >= 0.6 is 11.6 Å². The van der Waals surface area contributed by atoms with E-state index in [9.17, 15) is 9.90 Å². The van der Waals surface area contributed by atoms with Gasteiger partial charge in [0.05, 0.1) is 11.8 Å². The van der Waals surface area contributed by atoms with Crippen LogP contribution in [0, 0.1) is 0 Å². The van der Waals surface area contributed by atoms with Crippen LogP contribution in [0.4, 0.5) is 0 Å². The molecule has 0 fully saturated rings. The van der Waals surface area contributed by atoms with Gasteiger partial charge in [0.25, 0.3) is 5.91 Å². The van der Waals surface area contributed by atoms with E-state index in [-0.39, 0.29) is 17.2 Å². The number of carbonyl (C=O) groups is 1. The molecule has 19 heavy (non-hydrogen) atoms. The summed E-state index contributed by atoms with van der Waals surface area (Å²) in [6.07, 6.45) is 2.70. The van der Waals surface area contributed by atoms with E-state index >= 15 is 0 Å². The molecule has 0 aliphatic rings. The van der Waals surface area contributed by atoms with Crippen molar-refractivity contribution >= 4 is 17.5 Å². The van der Waals surface area contributed by atoms with Gasteiger partial charge < -0.3 is 10.4 Å². The van der Waals surface area contributed by atoms with Crippen molar-refractivity contribution in [3.63, 3.8) is 0 Å². The fourth-order valence-electron chi connectivity index (χ4n) is 1.60. The van der Waals surface area contributed by atoms with E-state index in [1.54, 1.807) is 0 Å². The predicted molar refractivity (Wildman–Crippen MR) is 73.1 cm³/mol. The van der Waals surface area contributed by atoms with Crippen LogP contribution in [0.25, 0.3) is 0 Å². The second-order valence-corrected chi connectivity index (χ2v) is 4.29. The SMILES string of the molecule is O=C(NCc1ccc(CCl)cc1)c1ccncc1O. The van der Waals surface area contributed by atoms with Gasteiger partial charge in [0.2, 0.25) is 0 Å². The lowest BCUT2D eigenvalue weighted by atomic mass is 10.1. The highest BCUT2D eigenvalue weighted by atomic mass is 35.5. The topological polar surface area (TPSA) is 62.2 Å². The number of aromatic hydroxyl groups is 1. The van der Waals surface area contributed by atoms with E-state index < -0.39 is 0 Å². The third kappa shape index (κ3) is 3.45. The summed E-state index contributed by atoms with van der Waals surface area (Å²) in [5.74, 6) is 0.0103. The highest BCUT2D eigenvalue weighted by Crippen LogP contribution is 2.13. The van der Waals surface area contributed by atoms with E-state index in [1.165, 1.54) is 18.5 Å². The number of hydrogen-bond donors (Lipinski definition) is 2. The average molecular weight is 277 g/mol. The smallest absolute Gasteiger partial charge is 0.255 e. The Labute approximate surface area is 116 Å². The molecular formula is C14H13ClN2O2. The van der Waals surface area contributed by atoms with Gasteiger partial charge in [-0.15, -0.1) is 11.6 Å². The molecule has 2 aromatic rings. The van der Waals surface area contributed by atoms with Gasteiger partial charge in [-0.25, -0.2) is 0 Å². The number of nitrogens with zero attached hydrogens (tertiary/aromatic N) is 1. The highest BCUT2D eigenvalue weighted by molar-refractivity contribution is 6.17. The Bertz CT molecular complexity index is 570. The summed E-state index contributed by atoms with van der Waals surface area (Å²) >= 11 is 5.70. The maximum atomic E-state index is 11.8. The summed E-state index contributed by atoms with van der Waals surface area (Å²) in [5.41, 5.74) is 2.21. The van der Waals surface area contributed by atoms with E-state index in [2.05, 4.69) is 10.3 Å². The Morgan fingerprint density at radius 2 is 1.89 bits per heavy atom. The zero-order valence-corrected chi connectivity index (χ0v) is 10.9. The molecule has 0 spiro atoms. The molecule has 0 saturated heterocycles. The lowest BCUT2D eigenvalue weighted by Crippen LogP contribution is -2.22. The van der Waals surface area contributed by atoms with Crippen molar-refractivity contribution in [2.24, 2.45) is 0 Å². The highest BCUT2D eigenvalue weighted by Gasteiger charge is 2.09. The number of rotatable bonds is 4. The van der Waals surface area contributed by atoms with Gasteiger partial charge in [-0.3, -0.25) is 9.78 Å². The average Bonchev–Trinajstić information content (AvgIpc) is 2.46. The molecular weight excluding hydrogens is 264 g/mol. The molecule has 0 aliphatic carbocycles. The monoisotopic (exact) mass is 276 g/mol. The molecule has 0 aliphatic heterocycles. The molecule has 1 aromatic heterocycles. The fraction of sp³-hybridized carbons (Fsp3) is 0.143. The molecule has 1 aromatic carbocycles. The summed E-state index contributed by atoms with van der Waals surface area (Å²) < 4.78 is 0. The minimum Gasteiger partial charge on any atom is -0.505 e. The van der Waals surface area contributed by atoms with Crippen LogP contribution in [-0.2, 0) is 12.4 Å². The third-order valence-corrected chi connectivity index (χ3v) is 2.98. The normalized spacial score (nSPS) is 10.2. The van der Waals surface area contributed by atoms with Crippen molar-refractivity contribution in [3.05, 3.63) is 59.4 Å². The number of halogens is 1. The maximum absolute atomic E-state index is 11.8. The van der Waals surface area contributed by atoms with Crippen LogP contribution < -0.4 is 5.32 Å². The van der Waals surface area contributed by atoms with Gasteiger partial charge in [0.1, 0.15) is 5.75 Å². The minimum absolute atomic E-state index is 0.127. The zero-order chi connectivity index (χ0) is 13.7. The van der Waals surface area contributed by atoms with Crippen LogP contribution in [-0.4, -0.2) is 16.0 Å². The van der Waals surface area contributed by atoms with Gasteiger partial charge in [-0.05, 0) is 17.2 Å². The summed E-state index contributed by atoms with van der Waals surface area (Å²) in [6.45, 7) is 0.392. The Morgan fingerprint density at radius 1 is 1.21 bits per heavy atom. The van der Waals surface area contributed by atoms with Crippen LogP contribution in [0.5, 0.6) is 5.75 Å². The molecule has 1 heterocycles. The molecule has 2 rings (SSSR count). The molecule has 0 bridgehead atoms. The first-order valence-corrected chi connectivity index (χ1v) is 6.29. The number of hydrogen-bond acceptors (Lipinski definition) is 3. The zero-order valence-electron chi connectivity index (χ0n) is 10.1. The van der Waals surface area contributed by atoms with Gasteiger partial charge in [0, 0.05) is 18.6 Å². The molecule has 0 atom stereocenters. The van der Waals surface area contributed by atoms with Gasteiger partial charge >= 0.3 is 0 Å². The number of amides is 1. The van der Waals surface area contributed by atoms with Crippen LogP contribution in [0.3, 0.4) is 0 Å². The van der Waals surface area contributed by atoms with Crippen molar-refractivity contribution in [2.45, 2.75) is 12.4 Å².